The summed E-state index contributed by atoms with van der Waals surface area (Å²) in [6.45, 7) is 5.30. The van der Waals surface area contributed by atoms with Gasteiger partial charge in [0.05, 0.1) is 0 Å². The van der Waals surface area contributed by atoms with Crippen LogP contribution in [0.15, 0.2) is 30.3 Å². The Labute approximate surface area is 84.3 Å². The maximum atomic E-state index is 3.42. The molecular weight excluding hydrogens is 172 g/mol. The van der Waals surface area contributed by atoms with E-state index in [1.165, 1.54) is 16.6 Å². The van der Waals surface area contributed by atoms with Crippen LogP contribution in [-0.2, 0) is 0 Å². The van der Waals surface area contributed by atoms with Gasteiger partial charge in [-0.05, 0) is 31.0 Å². The fourth-order valence-corrected chi connectivity index (χ4v) is 1.75. The Balaban J connectivity index is 2.35. The van der Waals surface area contributed by atoms with Crippen molar-refractivity contribution in [2.75, 3.05) is 6.54 Å². The molecule has 0 saturated heterocycles. The highest BCUT2D eigenvalue weighted by Gasteiger charge is 2.06. The molecule has 0 saturated carbocycles. The van der Waals surface area contributed by atoms with Crippen LogP contribution in [0.5, 0.6) is 0 Å². The molecule has 1 aromatic carbocycles. The average molecular weight is 188 g/mol. The quantitative estimate of drug-likeness (QED) is 0.761. The highest BCUT2D eigenvalue weighted by molar-refractivity contribution is 5.80. The van der Waals surface area contributed by atoms with E-state index in [0.29, 0.717) is 6.04 Å². The summed E-state index contributed by atoms with van der Waals surface area (Å²) in [6.07, 6.45) is 0. The molecule has 2 heteroatoms. The lowest BCUT2D eigenvalue weighted by molar-refractivity contribution is 0.587. The summed E-state index contributed by atoms with van der Waals surface area (Å²) in [5.74, 6) is 0. The average Bonchev–Trinajstić information content (AvgIpc) is 2.61. The van der Waals surface area contributed by atoms with Crippen LogP contribution in [0.4, 0.5) is 0 Å². The van der Waals surface area contributed by atoms with Crippen LogP contribution >= 0.6 is 0 Å². The Morgan fingerprint density at radius 3 is 2.86 bits per heavy atom. The predicted molar refractivity (Wildman–Crippen MR) is 60.4 cm³/mol. The van der Waals surface area contributed by atoms with Crippen molar-refractivity contribution in [3.05, 3.63) is 36.0 Å². The Morgan fingerprint density at radius 1 is 1.36 bits per heavy atom. The molecular formula is C12H16N2. The van der Waals surface area contributed by atoms with Crippen LogP contribution < -0.4 is 5.32 Å². The predicted octanol–water partition coefficient (Wildman–Crippen LogP) is 2.84. The number of H-pyrrole nitrogens is 1. The molecule has 0 amide bonds. The smallest absolute Gasteiger partial charge is 0.0456 e. The summed E-state index contributed by atoms with van der Waals surface area (Å²) in [6, 6.07) is 11.0. The van der Waals surface area contributed by atoms with Crippen LogP contribution in [0.25, 0.3) is 10.9 Å². The van der Waals surface area contributed by atoms with Gasteiger partial charge in [-0.15, -0.1) is 0 Å². The molecule has 0 spiro atoms. The topological polar surface area (TPSA) is 27.8 Å². The van der Waals surface area contributed by atoms with Crippen molar-refractivity contribution in [2.45, 2.75) is 19.9 Å². The fraction of sp³-hybridized carbons (Fsp3) is 0.333. The maximum absolute atomic E-state index is 3.42. The molecule has 14 heavy (non-hydrogen) atoms. The number of nitrogens with one attached hydrogen (secondary N) is 2. The third-order valence-corrected chi connectivity index (χ3v) is 2.53. The lowest BCUT2D eigenvalue weighted by Crippen LogP contribution is -2.17. The Hall–Kier alpha value is -1.28. The molecule has 1 heterocycles. The lowest BCUT2D eigenvalue weighted by Gasteiger charge is -2.09. The first-order valence-electron chi connectivity index (χ1n) is 5.12. The third-order valence-electron chi connectivity index (χ3n) is 2.53. The van der Waals surface area contributed by atoms with E-state index in [1.54, 1.807) is 0 Å². The van der Waals surface area contributed by atoms with E-state index >= 15 is 0 Å². The highest BCUT2D eigenvalue weighted by Crippen LogP contribution is 2.19. The van der Waals surface area contributed by atoms with Crippen molar-refractivity contribution < 1.29 is 0 Å². The summed E-state index contributed by atoms with van der Waals surface area (Å²) in [5.41, 5.74) is 2.47. The molecule has 0 aliphatic heterocycles. The van der Waals surface area contributed by atoms with Gasteiger partial charge in [0.2, 0.25) is 0 Å². The van der Waals surface area contributed by atoms with E-state index in [1.807, 2.05) is 0 Å². The minimum atomic E-state index is 0.396. The molecule has 74 valence electrons. The summed E-state index contributed by atoms with van der Waals surface area (Å²) in [5, 5.41) is 4.68. The number of hydrogen-bond donors (Lipinski definition) is 2. The zero-order valence-corrected chi connectivity index (χ0v) is 8.67. The van der Waals surface area contributed by atoms with E-state index < -0.39 is 0 Å². The highest BCUT2D eigenvalue weighted by atomic mass is 14.9. The second kappa shape index (κ2) is 3.84. The normalized spacial score (nSPS) is 13.3. The van der Waals surface area contributed by atoms with E-state index in [-0.39, 0.29) is 0 Å². The zero-order valence-electron chi connectivity index (χ0n) is 8.67. The van der Waals surface area contributed by atoms with E-state index in [2.05, 4.69) is 54.5 Å². The van der Waals surface area contributed by atoms with Crippen molar-refractivity contribution in [3.63, 3.8) is 0 Å². The Morgan fingerprint density at radius 2 is 2.14 bits per heavy atom. The number of rotatable bonds is 3. The van der Waals surface area contributed by atoms with E-state index in [9.17, 15) is 0 Å². The van der Waals surface area contributed by atoms with Gasteiger partial charge in [0.1, 0.15) is 0 Å². The van der Waals surface area contributed by atoms with Crippen molar-refractivity contribution in [1.82, 2.24) is 10.3 Å². The van der Waals surface area contributed by atoms with Gasteiger partial charge < -0.3 is 10.3 Å². The SMILES string of the molecule is CCNC(C)c1cc2ccccc2[nH]1. The number of hydrogen-bond acceptors (Lipinski definition) is 1. The molecule has 0 radical (unpaired) electrons. The van der Waals surface area contributed by atoms with Crippen molar-refractivity contribution >= 4 is 10.9 Å². The molecule has 0 aliphatic rings. The van der Waals surface area contributed by atoms with Gasteiger partial charge in [-0.25, -0.2) is 0 Å². The first-order chi connectivity index (χ1) is 6.81. The van der Waals surface area contributed by atoms with Crippen LogP contribution in [0.1, 0.15) is 25.6 Å². The van der Waals surface area contributed by atoms with E-state index in [0.717, 1.165) is 6.54 Å². The van der Waals surface area contributed by atoms with E-state index in [4.69, 9.17) is 0 Å². The number of fused-ring (bicyclic) bond motifs is 1. The largest absolute Gasteiger partial charge is 0.357 e. The molecule has 2 aromatic rings. The lowest BCUT2D eigenvalue weighted by atomic mass is 10.2. The zero-order chi connectivity index (χ0) is 9.97. The molecule has 1 unspecified atom stereocenters. The van der Waals surface area contributed by atoms with Gasteiger partial charge >= 0.3 is 0 Å². The summed E-state index contributed by atoms with van der Waals surface area (Å²) in [4.78, 5) is 3.42. The minimum absolute atomic E-state index is 0.396. The second-order valence-corrected chi connectivity index (χ2v) is 3.59. The maximum Gasteiger partial charge on any atom is 0.0456 e. The molecule has 0 fully saturated rings. The third kappa shape index (κ3) is 1.66. The van der Waals surface area contributed by atoms with Crippen LogP contribution in [0.3, 0.4) is 0 Å². The molecule has 1 atom stereocenters. The first-order valence-corrected chi connectivity index (χ1v) is 5.12. The number of aromatic nitrogens is 1. The van der Waals surface area contributed by atoms with Gasteiger partial charge in [0.15, 0.2) is 0 Å². The van der Waals surface area contributed by atoms with Crippen LogP contribution in [0.2, 0.25) is 0 Å². The molecule has 2 rings (SSSR count). The van der Waals surface area contributed by atoms with Gasteiger partial charge in [-0.1, -0.05) is 25.1 Å². The van der Waals surface area contributed by atoms with Gasteiger partial charge in [0.25, 0.3) is 0 Å². The molecule has 2 nitrogen and oxygen atoms in total. The number of benzene rings is 1. The summed E-state index contributed by atoms with van der Waals surface area (Å²) in [7, 11) is 0. The monoisotopic (exact) mass is 188 g/mol. The first kappa shape index (κ1) is 9.28. The standard InChI is InChI=1S/C12H16N2/c1-3-13-9(2)12-8-10-6-4-5-7-11(10)14-12/h4-9,13-14H,3H2,1-2H3. The fourth-order valence-electron chi connectivity index (χ4n) is 1.75. The van der Waals surface area contributed by atoms with Gasteiger partial charge in [0, 0.05) is 17.3 Å². The van der Waals surface area contributed by atoms with Crippen molar-refractivity contribution in [2.24, 2.45) is 0 Å². The molecule has 0 bridgehead atoms. The van der Waals surface area contributed by atoms with Gasteiger partial charge in [-0.3, -0.25) is 0 Å². The molecule has 1 aromatic heterocycles. The number of aromatic amines is 1. The molecule has 0 aliphatic carbocycles. The second-order valence-electron chi connectivity index (χ2n) is 3.59. The number of para-hydroxylation sites is 1. The summed E-state index contributed by atoms with van der Waals surface area (Å²) >= 11 is 0. The molecule has 2 N–H and O–H groups in total. The van der Waals surface area contributed by atoms with Crippen LogP contribution in [-0.4, -0.2) is 11.5 Å². The van der Waals surface area contributed by atoms with Crippen LogP contribution in [0, 0.1) is 0 Å². The summed E-state index contributed by atoms with van der Waals surface area (Å²) < 4.78 is 0. The van der Waals surface area contributed by atoms with Crippen molar-refractivity contribution in [3.8, 4) is 0 Å². The Bertz CT molecular complexity index is 384. The van der Waals surface area contributed by atoms with Gasteiger partial charge in [-0.2, -0.15) is 0 Å². The van der Waals surface area contributed by atoms with Crippen molar-refractivity contribution in [1.29, 1.82) is 0 Å². The Kier molecular flexibility index (Phi) is 2.55. The minimum Gasteiger partial charge on any atom is -0.357 e.